The highest BCUT2D eigenvalue weighted by Crippen LogP contribution is 2.39. The van der Waals surface area contributed by atoms with E-state index in [-0.39, 0.29) is 11.1 Å². The van der Waals surface area contributed by atoms with Crippen LogP contribution < -0.4 is 19.9 Å². The Kier molecular flexibility index (Phi) is 5.81. The molecule has 4 amide bonds. The summed E-state index contributed by atoms with van der Waals surface area (Å²) in [5.74, 6) is -0.859. The van der Waals surface area contributed by atoms with E-state index >= 15 is 0 Å². The molecule has 34 heavy (non-hydrogen) atoms. The molecule has 2 heterocycles. The molecule has 2 aliphatic heterocycles. The van der Waals surface area contributed by atoms with Crippen molar-refractivity contribution in [3.63, 3.8) is 0 Å². The zero-order valence-corrected chi connectivity index (χ0v) is 20.4. The number of barbiturate groups is 1. The molecule has 0 aliphatic carbocycles. The number of hydrogen-bond donors (Lipinski definition) is 1. The lowest BCUT2D eigenvalue weighted by Crippen LogP contribution is -2.54. The van der Waals surface area contributed by atoms with Gasteiger partial charge in [-0.1, -0.05) is 12.1 Å². The van der Waals surface area contributed by atoms with E-state index in [4.69, 9.17) is 4.74 Å². The maximum atomic E-state index is 13.3. The van der Waals surface area contributed by atoms with Crippen LogP contribution in [0.1, 0.15) is 44.4 Å². The number of anilines is 2. The summed E-state index contributed by atoms with van der Waals surface area (Å²) in [5, 5.41) is 2.29. The second-order valence-corrected chi connectivity index (χ2v) is 9.15. The van der Waals surface area contributed by atoms with Gasteiger partial charge in [0.05, 0.1) is 17.8 Å². The lowest BCUT2D eigenvalue weighted by Gasteiger charge is -2.41. The number of imide groups is 2. The number of carbonyl (C=O) groups excluding carboxylic acids is 3. The van der Waals surface area contributed by atoms with E-state index in [0.717, 1.165) is 32.9 Å². The number of likely N-dealkylation sites (N-methyl/N-ethyl adjacent to an activating group) is 1. The van der Waals surface area contributed by atoms with Gasteiger partial charge in [-0.15, -0.1) is 0 Å². The largest absolute Gasteiger partial charge is 0.494 e. The third-order valence-electron chi connectivity index (χ3n) is 6.39. The molecule has 0 aromatic heterocycles. The van der Waals surface area contributed by atoms with Gasteiger partial charge >= 0.3 is 6.03 Å². The number of carbonyl (C=O) groups is 3. The number of ether oxygens (including phenoxy) is 1. The molecule has 7 heteroatoms. The van der Waals surface area contributed by atoms with Crippen molar-refractivity contribution in [1.82, 2.24) is 5.32 Å². The normalized spacial score (nSPS) is 18.6. The van der Waals surface area contributed by atoms with Crippen molar-refractivity contribution >= 4 is 40.9 Å². The second-order valence-electron chi connectivity index (χ2n) is 9.15. The summed E-state index contributed by atoms with van der Waals surface area (Å²) in [6.07, 6.45) is 3.76. The number of amides is 4. The van der Waals surface area contributed by atoms with Crippen molar-refractivity contribution in [2.75, 3.05) is 23.5 Å². The molecule has 0 atom stereocenters. The van der Waals surface area contributed by atoms with E-state index in [1.165, 1.54) is 0 Å². The smallest absolute Gasteiger partial charge is 0.335 e. The number of benzene rings is 2. The molecule has 0 unspecified atom stereocenters. The fraction of sp³-hybridized carbons (Fsp3) is 0.296. The van der Waals surface area contributed by atoms with E-state index in [1.54, 1.807) is 30.3 Å². The third kappa shape index (κ3) is 3.98. The number of urea groups is 1. The Bertz CT molecular complexity index is 1270. The van der Waals surface area contributed by atoms with Gasteiger partial charge in [-0.05, 0) is 81.7 Å². The molecule has 0 saturated carbocycles. The first kappa shape index (κ1) is 23.3. The van der Waals surface area contributed by atoms with E-state index in [2.05, 4.69) is 50.2 Å². The van der Waals surface area contributed by atoms with Crippen molar-refractivity contribution in [2.24, 2.45) is 0 Å². The SMILES string of the molecule is CCOc1cccc(N2C(=O)NC(=O)/C(=C/c3cc4c(cc3C)N(C)C(C)(C)C=C4C)C2=O)c1. The lowest BCUT2D eigenvalue weighted by atomic mass is 9.87. The van der Waals surface area contributed by atoms with Gasteiger partial charge in [0, 0.05) is 24.4 Å². The Balaban J connectivity index is 1.76. The number of aryl methyl sites for hydroxylation is 1. The van der Waals surface area contributed by atoms with Crippen LogP contribution in [-0.2, 0) is 9.59 Å². The molecule has 0 bridgehead atoms. The minimum Gasteiger partial charge on any atom is -0.494 e. The molecule has 0 radical (unpaired) electrons. The summed E-state index contributed by atoms with van der Waals surface area (Å²) >= 11 is 0. The number of fused-ring (bicyclic) bond motifs is 1. The number of nitrogens with zero attached hydrogens (tertiary/aromatic N) is 2. The van der Waals surface area contributed by atoms with Gasteiger partial charge in [-0.25, -0.2) is 9.69 Å². The first-order valence-corrected chi connectivity index (χ1v) is 11.3. The van der Waals surface area contributed by atoms with E-state index in [0.29, 0.717) is 18.0 Å². The third-order valence-corrected chi connectivity index (χ3v) is 6.39. The number of allylic oxidation sites excluding steroid dienone is 1. The van der Waals surface area contributed by atoms with Gasteiger partial charge < -0.3 is 9.64 Å². The van der Waals surface area contributed by atoms with Crippen molar-refractivity contribution in [3.05, 3.63) is 64.7 Å². The Morgan fingerprint density at radius 1 is 1.09 bits per heavy atom. The van der Waals surface area contributed by atoms with Gasteiger partial charge in [-0.2, -0.15) is 0 Å². The highest BCUT2D eigenvalue weighted by atomic mass is 16.5. The fourth-order valence-electron chi connectivity index (χ4n) is 4.40. The molecule has 2 aliphatic rings. The molecule has 2 aromatic rings. The maximum absolute atomic E-state index is 13.3. The van der Waals surface area contributed by atoms with Crippen LogP contribution in [0.15, 0.2) is 48.0 Å². The second kappa shape index (κ2) is 8.48. The molecule has 1 fully saturated rings. The highest BCUT2D eigenvalue weighted by Gasteiger charge is 2.37. The predicted octanol–water partition coefficient (Wildman–Crippen LogP) is 4.69. The monoisotopic (exact) mass is 459 g/mol. The van der Waals surface area contributed by atoms with Crippen LogP contribution >= 0.6 is 0 Å². The first-order chi connectivity index (χ1) is 16.0. The average Bonchev–Trinajstić information content (AvgIpc) is 2.76. The summed E-state index contributed by atoms with van der Waals surface area (Å²) < 4.78 is 5.49. The van der Waals surface area contributed by atoms with Crippen LogP contribution in [0.25, 0.3) is 11.6 Å². The van der Waals surface area contributed by atoms with Crippen molar-refractivity contribution < 1.29 is 19.1 Å². The zero-order chi connectivity index (χ0) is 24.8. The number of hydrogen-bond acceptors (Lipinski definition) is 5. The van der Waals surface area contributed by atoms with Crippen LogP contribution in [0.5, 0.6) is 5.75 Å². The Labute approximate surface area is 199 Å². The maximum Gasteiger partial charge on any atom is 0.335 e. The van der Waals surface area contributed by atoms with E-state index < -0.39 is 17.8 Å². The van der Waals surface area contributed by atoms with Crippen LogP contribution in [0.3, 0.4) is 0 Å². The van der Waals surface area contributed by atoms with Gasteiger partial charge in [0.25, 0.3) is 11.8 Å². The topological polar surface area (TPSA) is 79.0 Å². The summed E-state index contributed by atoms with van der Waals surface area (Å²) in [6.45, 7) is 10.6. The summed E-state index contributed by atoms with van der Waals surface area (Å²) in [5.41, 5.74) is 5.03. The van der Waals surface area contributed by atoms with Crippen LogP contribution in [0, 0.1) is 6.92 Å². The standard InChI is InChI=1S/C27H29N3O4/c1-7-34-20-10-8-9-19(14-20)30-25(32)22(24(31)28-26(30)33)13-18-12-21-17(3)15-27(4,5)29(6)23(21)11-16(18)2/h8-15H,7H2,1-6H3,(H,28,31,33)/b22-13-. The molecular weight excluding hydrogens is 430 g/mol. The molecule has 0 spiro atoms. The Morgan fingerprint density at radius 3 is 2.53 bits per heavy atom. The predicted molar refractivity (Wildman–Crippen MR) is 134 cm³/mol. The van der Waals surface area contributed by atoms with Crippen LogP contribution in [0.4, 0.5) is 16.2 Å². The molecule has 1 saturated heterocycles. The Hall–Kier alpha value is -3.87. The summed E-state index contributed by atoms with van der Waals surface area (Å²) in [6, 6.07) is 9.94. The molecule has 7 nitrogen and oxygen atoms in total. The van der Waals surface area contributed by atoms with Crippen molar-refractivity contribution in [2.45, 2.75) is 40.2 Å². The van der Waals surface area contributed by atoms with Gasteiger partial charge in [0.2, 0.25) is 0 Å². The van der Waals surface area contributed by atoms with E-state index in [9.17, 15) is 14.4 Å². The highest BCUT2D eigenvalue weighted by molar-refractivity contribution is 6.39. The van der Waals surface area contributed by atoms with Gasteiger partial charge in [0.1, 0.15) is 11.3 Å². The lowest BCUT2D eigenvalue weighted by molar-refractivity contribution is -0.122. The molecule has 4 rings (SSSR count). The average molecular weight is 460 g/mol. The Morgan fingerprint density at radius 2 is 1.82 bits per heavy atom. The zero-order valence-electron chi connectivity index (χ0n) is 20.4. The minimum absolute atomic E-state index is 0.101. The first-order valence-electron chi connectivity index (χ1n) is 11.3. The van der Waals surface area contributed by atoms with Gasteiger partial charge in [0.15, 0.2) is 0 Å². The van der Waals surface area contributed by atoms with Gasteiger partial charge in [-0.3, -0.25) is 14.9 Å². The summed E-state index contributed by atoms with van der Waals surface area (Å²) in [4.78, 5) is 41.8. The summed E-state index contributed by atoms with van der Waals surface area (Å²) in [7, 11) is 2.05. The molecule has 2 aromatic carbocycles. The van der Waals surface area contributed by atoms with Crippen molar-refractivity contribution in [3.8, 4) is 5.75 Å². The molecule has 1 N–H and O–H groups in total. The van der Waals surface area contributed by atoms with E-state index in [1.807, 2.05) is 19.9 Å². The molecular formula is C27H29N3O4. The van der Waals surface area contributed by atoms with Crippen molar-refractivity contribution in [1.29, 1.82) is 0 Å². The fourth-order valence-corrected chi connectivity index (χ4v) is 4.40. The molecule has 176 valence electrons. The minimum atomic E-state index is -0.786. The van der Waals surface area contributed by atoms with Crippen LogP contribution in [0.2, 0.25) is 0 Å². The quantitative estimate of drug-likeness (QED) is 0.530. The van der Waals surface area contributed by atoms with Crippen LogP contribution in [-0.4, -0.2) is 37.0 Å². The number of rotatable bonds is 4. The number of nitrogens with one attached hydrogen (secondary N) is 1.